The van der Waals surface area contributed by atoms with Gasteiger partial charge in [0.25, 0.3) is 0 Å². The number of thioether (sulfide) groups is 1. The first kappa shape index (κ1) is 15.3. The Kier molecular flexibility index (Phi) is 5.17. The Balaban J connectivity index is 1.79. The lowest BCUT2D eigenvalue weighted by molar-refractivity contribution is 0.509. The quantitative estimate of drug-likeness (QED) is 0.400. The van der Waals surface area contributed by atoms with E-state index >= 15 is 0 Å². The topological polar surface area (TPSA) is 25.8 Å². The Morgan fingerprint density at radius 3 is 3.05 bits per heavy atom. The summed E-state index contributed by atoms with van der Waals surface area (Å²) in [4.78, 5) is 11.9. The summed E-state index contributed by atoms with van der Waals surface area (Å²) < 4.78 is 0. The molecule has 2 heterocycles. The van der Waals surface area contributed by atoms with Gasteiger partial charge in [-0.05, 0) is 42.9 Å². The highest BCUT2D eigenvalue weighted by Crippen LogP contribution is 2.40. The van der Waals surface area contributed by atoms with Crippen molar-refractivity contribution in [3.8, 4) is 0 Å². The fraction of sp³-hybridized carbons (Fsp3) is 0.647. The monoisotopic (exact) mass is 320 g/mol. The summed E-state index contributed by atoms with van der Waals surface area (Å²) in [5, 5.41) is 2.61. The van der Waals surface area contributed by atoms with Gasteiger partial charge in [-0.15, -0.1) is 23.1 Å². The molecule has 3 rings (SSSR count). The number of hydrogen-bond acceptors (Lipinski definition) is 4. The summed E-state index contributed by atoms with van der Waals surface area (Å²) in [6.45, 7) is 4.63. The molecular weight excluding hydrogens is 296 g/mol. The van der Waals surface area contributed by atoms with Gasteiger partial charge in [0.05, 0.1) is 0 Å². The van der Waals surface area contributed by atoms with Crippen LogP contribution in [0.4, 0.5) is 0 Å². The molecule has 2 nitrogen and oxygen atoms in total. The van der Waals surface area contributed by atoms with Crippen molar-refractivity contribution >= 4 is 33.3 Å². The second-order valence-corrected chi connectivity index (χ2v) is 8.29. The second kappa shape index (κ2) is 7.10. The number of rotatable bonds is 6. The molecule has 2 aromatic rings. The highest BCUT2D eigenvalue weighted by atomic mass is 32.2. The highest BCUT2D eigenvalue weighted by Gasteiger charge is 2.22. The molecule has 1 aliphatic rings. The van der Waals surface area contributed by atoms with Crippen molar-refractivity contribution in [2.75, 3.05) is 5.75 Å². The number of hydrogen-bond donors (Lipinski definition) is 0. The molecule has 0 saturated heterocycles. The first-order valence-electron chi connectivity index (χ1n) is 8.17. The smallest absolute Gasteiger partial charge is 0.128 e. The molecule has 0 aromatic carbocycles. The standard InChI is InChI=1S/C17H24N2S2/c1-3-4-5-6-9-20-16-15-13-8-7-12(2)10-14(13)21-17(15)19-11-18-16/h11-12H,3-10H2,1-2H3. The van der Waals surface area contributed by atoms with E-state index in [4.69, 9.17) is 0 Å². The number of unbranched alkanes of at least 4 members (excludes halogenated alkanes) is 3. The average molecular weight is 321 g/mol. The lowest BCUT2D eigenvalue weighted by Gasteiger charge is -2.18. The zero-order valence-corrected chi connectivity index (χ0v) is 14.7. The van der Waals surface area contributed by atoms with E-state index in [9.17, 15) is 0 Å². The number of fused-ring (bicyclic) bond motifs is 3. The fourth-order valence-electron chi connectivity index (χ4n) is 3.05. The van der Waals surface area contributed by atoms with E-state index in [1.54, 1.807) is 16.8 Å². The molecule has 0 aliphatic heterocycles. The van der Waals surface area contributed by atoms with Crippen LogP contribution in [0.2, 0.25) is 0 Å². The van der Waals surface area contributed by atoms with Crippen molar-refractivity contribution in [1.82, 2.24) is 9.97 Å². The molecule has 0 bridgehead atoms. The molecular formula is C17H24N2S2. The summed E-state index contributed by atoms with van der Waals surface area (Å²) in [6.07, 6.45) is 10.8. The van der Waals surface area contributed by atoms with E-state index in [0.29, 0.717) is 0 Å². The van der Waals surface area contributed by atoms with Crippen LogP contribution in [-0.4, -0.2) is 15.7 Å². The van der Waals surface area contributed by atoms with Crippen molar-refractivity contribution in [3.05, 3.63) is 16.8 Å². The number of aromatic nitrogens is 2. The molecule has 2 aromatic heterocycles. The van der Waals surface area contributed by atoms with E-state index in [-0.39, 0.29) is 0 Å². The first-order chi connectivity index (χ1) is 10.3. The normalized spacial score (nSPS) is 18.1. The molecule has 0 fully saturated rings. The minimum Gasteiger partial charge on any atom is -0.229 e. The Bertz CT molecular complexity index is 606. The molecule has 0 saturated carbocycles. The Hall–Kier alpha value is -0.610. The van der Waals surface area contributed by atoms with Crippen LogP contribution in [0.5, 0.6) is 0 Å². The van der Waals surface area contributed by atoms with Crippen LogP contribution in [0, 0.1) is 5.92 Å². The summed E-state index contributed by atoms with van der Waals surface area (Å²) in [7, 11) is 0. The summed E-state index contributed by atoms with van der Waals surface area (Å²) in [6, 6.07) is 0. The molecule has 0 amide bonds. The Morgan fingerprint density at radius 2 is 2.19 bits per heavy atom. The lowest BCUT2D eigenvalue weighted by atomic mass is 9.89. The summed E-state index contributed by atoms with van der Waals surface area (Å²) in [5.41, 5.74) is 1.56. The molecule has 114 valence electrons. The van der Waals surface area contributed by atoms with Gasteiger partial charge < -0.3 is 0 Å². The summed E-state index contributed by atoms with van der Waals surface area (Å²) in [5.74, 6) is 2.01. The van der Waals surface area contributed by atoms with E-state index in [0.717, 1.165) is 5.92 Å². The largest absolute Gasteiger partial charge is 0.229 e. The van der Waals surface area contributed by atoms with Crippen molar-refractivity contribution in [1.29, 1.82) is 0 Å². The number of aryl methyl sites for hydroxylation is 1. The maximum atomic E-state index is 4.58. The zero-order chi connectivity index (χ0) is 14.7. The van der Waals surface area contributed by atoms with Crippen LogP contribution in [0.3, 0.4) is 0 Å². The zero-order valence-electron chi connectivity index (χ0n) is 13.0. The van der Waals surface area contributed by atoms with Crippen molar-refractivity contribution in [2.45, 2.75) is 63.8 Å². The van der Waals surface area contributed by atoms with Crippen molar-refractivity contribution in [3.63, 3.8) is 0 Å². The van der Waals surface area contributed by atoms with Gasteiger partial charge in [-0.1, -0.05) is 33.1 Å². The maximum Gasteiger partial charge on any atom is 0.128 e. The van der Waals surface area contributed by atoms with Crippen LogP contribution < -0.4 is 0 Å². The SMILES string of the molecule is CCCCCCSc1ncnc2sc3c(c12)CCC(C)C3. The Labute approximate surface area is 135 Å². The van der Waals surface area contributed by atoms with Gasteiger partial charge in [0.2, 0.25) is 0 Å². The molecule has 21 heavy (non-hydrogen) atoms. The van der Waals surface area contributed by atoms with Crippen LogP contribution in [0.15, 0.2) is 11.4 Å². The van der Waals surface area contributed by atoms with Gasteiger partial charge in [-0.2, -0.15) is 0 Å². The first-order valence-corrected chi connectivity index (χ1v) is 9.97. The molecule has 4 heteroatoms. The lowest BCUT2D eigenvalue weighted by Crippen LogP contribution is -2.08. The minimum absolute atomic E-state index is 0.823. The molecule has 0 spiro atoms. The predicted molar refractivity (Wildman–Crippen MR) is 93.5 cm³/mol. The van der Waals surface area contributed by atoms with E-state index < -0.39 is 0 Å². The van der Waals surface area contributed by atoms with Gasteiger partial charge in [-0.3, -0.25) is 0 Å². The van der Waals surface area contributed by atoms with Crippen molar-refractivity contribution < 1.29 is 0 Å². The third kappa shape index (κ3) is 3.42. The van der Waals surface area contributed by atoms with E-state index in [1.165, 1.54) is 65.9 Å². The third-order valence-corrected chi connectivity index (χ3v) is 6.53. The second-order valence-electron chi connectivity index (χ2n) is 6.12. The van der Waals surface area contributed by atoms with Crippen LogP contribution in [0.25, 0.3) is 10.2 Å². The minimum atomic E-state index is 0.823. The maximum absolute atomic E-state index is 4.58. The van der Waals surface area contributed by atoms with E-state index in [1.807, 2.05) is 23.1 Å². The predicted octanol–water partition coefficient (Wildman–Crippen LogP) is 5.49. The third-order valence-electron chi connectivity index (χ3n) is 4.29. The van der Waals surface area contributed by atoms with Crippen LogP contribution in [-0.2, 0) is 12.8 Å². The average Bonchev–Trinajstić information content (AvgIpc) is 2.85. The highest BCUT2D eigenvalue weighted by molar-refractivity contribution is 7.99. The molecule has 0 radical (unpaired) electrons. The molecule has 1 unspecified atom stereocenters. The van der Waals surface area contributed by atoms with Gasteiger partial charge in [0.15, 0.2) is 0 Å². The van der Waals surface area contributed by atoms with E-state index in [2.05, 4.69) is 23.8 Å². The number of thiophene rings is 1. The fourth-order valence-corrected chi connectivity index (χ4v) is 5.50. The van der Waals surface area contributed by atoms with Crippen LogP contribution in [0.1, 0.15) is 56.4 Å². The molecule has 1 atom stereocenters. The van der Waals surface area contributed by atoms with Gasteiger partial charge in [0.1, 0.15) is 16.2 Å². The molecule has 0 N–H and O–H groups in total. The molecule has 1 aliphatic carbocycles. The van der Waals surface area contributed by atoms with Crippen LogP contribution >= 0.6 is 23.1 Å². The summed E-state index contributed by atoms with van der Waals surface area (Å²) >= 11 is 3.83. The van der Waals surface area contributed by atoms with Gasteiger partial charge >= 0.3 is 0 Å². The Morgan fingerprint density at radius 1 is 1.29 bits per heavy atom. The number of nitrogens with zero attached hydrogens (tertiary/aromatic N) is 2. The van der Waals surface area contributed by atoms with Gasteiger partial charge in [-0.25, -0.2) is 9.97 Å². The van der Waals surface area contributed by atoms with Gasteiger partial charge in [0, 0.05) is 10.3 Å². The van der Waals surface area contributed by atoms with Crippen molar-refractivity contribution in [2.24, 2.45) is 5.92 Å².